The van der Waals surface area contributed by atoms with E-state index in [2.05, 4.69) is 32.0 Å². The third-order valence-corrected chi connectivity index (χ3v) is 3.65. The molecule has 0 aromatic heterocycles. The fraction of sp³-hybridized carbons (Fsp3) is 0.600. The third-order valence-electron chi connectivity index (χ3n) is 3.65. The van der Waals surface area contributed by atoms with Gasteiger partial charge in [-0.15, -0.1) is 0 Å². The van der Waals surface area contributed by atoms with Crippen LogP contribution in [-0.2, 0) is 6.42 Å². The number of hydrogen-bond donors (Lipinski definition) is 1. The van der Waals surface area contributed by atoms with Crippen LogP contribution in [0.25, 0.3) is 0 Å². The predicted octanol–water partition coefficient (Wildman–Crippen LogP) is 3.40. The van der Waals surface area contributed by atoms with E-state index < -0.39 is 0 Å². The average Bonchev–Trinajstić information content (AvgIpc) is 2.20. The summed E-state index contributed by atoms with van der Waals surface area (Å²) < 4.78 is 0. The Bertz CT molecular complexity index is 336. The van der Waals surface area contributed by atoms with E-state index in [1.807, 2.05) is 0 Å². The highest BCUT2D eigenvalue weighted by atomic mass is 16.3. The molecular weight excluding hydrogens is 196 g/mol. The zero-order valence-electron chi connectivity index (χ0n) is 10.4. The summed E-state index contributed by atoms with van der Waals surface area (Å²) in [5.41, 5.74) is 4.06. The molecule has 1 aliphatic carbocycles. The molecule has 2 atom stereocenters. The van der Waals surface area contributed by atoms with Gasteiger partial charge in [0.05, 0.1) is 6.10 Å². The highest BCUT2D eigenvalue weighted by Crippen LogP contribution is 2.27. The fourth-order valence-corrected chi connectivity index (χ4v) is 2.92. The summed E-state index contributed by atoms with van der Waals surface area (Å²) in [4.78, 5) is 0. The number of rotatable bonds is 2. The SMILES string of the molecule is Cc1cc(C)cc(CC2CCCCC2O)c1. The highest BCUT2D eigenvalue weighted by molar-refractivity contribution is 5.28. The van der Waals surface area contributed by atoms with Gasteiger partial charge >= 0.3 is 0 Å². The second-order valence-electron chi connectivity index (χ2n) is 5.31. The normalized spacial score (nSPS) is 25.7. The van der Waals surface area contributed by atoms with Gasteiger partial charge in [-0.1, -0.05) is 42.2 Å². The molecule has 0 amide bonds. The summed E-state index contributed by atoms with van der Waals surface area (Å²) >= 11 is 0. The molecule has 0 aliphatic heterocycles. The van der Waals surface area contributed by atoms with Crippen LogP contribution in [0.2, 0.25) is 0 Å². The number of hydrogen-bond acceptors (Lipinski definition) is 1. The molecule has 0 bridgehead atoms. The third kappa shape index (κ3) is 2.85. The predicted molar refractivity (Wildman–Crippen MR) is 67.6 cm³/mol. The van der Waals surface area contributed by atoms with Crippen molar-refractivity contribution < 1.29 is 5.11 Å². The molecule has 1 nitrogen and oxygen atoms in total. The lowest BCUT2D eigenvalue weighted by atomic mass is 9.82. The quantitative estimate of drug-likeness (QED) is 0.806. The zero-order chi connectivity index (χ0) is 11.5. The van der Waals surface area contributed by atoms with E-state index in [-0.39, 0.29) is 6.10 Å². The number of aliphatic hydroxyl groups excluding tert-OH is 1. The van der Waals surface area contributed by atoms with E-state index in [1.54, 1.807) is 0 Å². The monoisotopic (exact) mass is 218 g/mol. The Labute approximate surface area is 98.5 Å². The Hall–Kier alpha value is -0.820. The van der Waals surface area contributed by atoms with E-state index in [0.717, 1.165) is 12.8 Å². The molecule has 2 rings (SSSR count). The second-order valence-corrected chi connectivity index (χ2v) is 5.31. The minimum Gasteiger partial charge on any atom is -0.393 e. The molecular formula is C15H22O. The van der Waals surface area contributed by atoms with Crippen LogP contribution in [0.15, 0.2) is 18.2 Å². The van der Waals surface area contributed by atoms with Crippen LogP contribution in [0.5, 0.6) is 0 Å². The Morgan fingerprint density at radius 3 is 2.31 bits per heavy atom. The molecule has 2 unspecified atom stereocenters. The molecule has 1 saturated carbocycles. The van der Waals surface area contributed by atoms with Gasteiger partial charge in [-0.25, -0.2) is 0 Å². The molecule has 1 heteroatoms. The summed E-state index contributed by atoms with van der Waals surface area (Å²) in [5.74, 6) is 0.481. The van der Waals surface area contributed by atoms with E-state index in [0.29, 0.717) is 5.92 Å². The average molecular weight is 218 g/mol. The van der Waals surface area contributed by atoms with Crippen LogP contribution in [0.4, 0.5) is 0 Å². The van der Waals surface area contributed by atoms with E-state index in [1.165, 1.54) is 36.0 Å². The van der Waals surface area contributed by atoms with Gasteiger partial charge in [-0.3, -0.25) is 0 Å². The maximum Gasteiger partial charge on any atom is 0.0571 e. The van der Waals surface area contributed by atoms with Crippen LogP contribution in [0.1, 0.15) is 42.4 Å². The number of benzene rings is 1. The first-order chi connectivity index (χ1) is 7.65. The molecule has 0 saturated heterocycles. The smallest absolute Gasteiger partial charge is 0.0571 e. The van der Waals surface area contributed by atoms with Crippen LogP contribution in [-0.4, -0.2) is 11.2 Å². The van der Waals surface area contributed by atoms with Gasteiger partial charge in [0, 0.05) is 0 Å². The molecule has 16 heavy (non-hydrogen) atoms. The van der Waals surface area contributed by atoms with Crippen molar-refractivity contribution in [2.75, 3.05) is 0 Å². The summed E-state index contributed by atoms with van der Waals surface area (Å²) in [5, 5.41) is 9.97. The van der Waals surface area contributed by atoms with Crippen molar-refractivity contribution in [1.82, 2.24) is 0 Å². The zero-order valence-corrected chi connectivity index (χ0v) is 10.4. The Kier molecular flexibility index (Phi) is 3.65. The number of aryl methyl sites for hydroxylation is 2. The molecule has 88 valence electrons. The van der Waals surface area contributed by atoms with E-state index in [9.17, 15) is 5.11 Å². The highest BCUT2D eigenvalue weighted by Gasteiger charge is 2.23. The Morgan fingerprint density at radius 1 is 1.06 bits per heavy atom. The van der Waals surface area contributed by atoms with Crippen LogP contribution >= 0.6 is 0 Å². The summed E-state index contributed by atoms with van der Waals surface area (Å²) in [6, 6.07) is 6.73. The van der Waals surface area contributed by atoms with Crippen molar-refractivity contribution in [2.24, 2.45) is 5.92 Å². The molecule has 1 aromatic carbocycles. The molecule has 1 N–H and O–H groups in total. The summed E-state index contributed by atoms with van der Waals surface area (Å²) in [6.45, 7) is 4.29. The number of aliphatic hydroxyl groups is 1. The topological polar surface area (TPSA) is 20.2 Å². The van der Waals surface area contributed by atoms with Gasteiger partial charge in [0.25, 0.3) is 0 Å². The molecule has 1 fully saturated rings. The van der Waals surface area contributed by atoms with Gasteiger partial charge in [-0.2, -0.15) is 0 Å². The molecule has 0 spiro atoms. The van der Waals surface area contributed by atoms with Crippen molar-refractivity contribution >= 4 is 0 Å². The Morgan fingerprint density at radius 2 is 1.69 bits per heavy atom. The summed E-state index contributed by atoms with van der Waals surface area (Å²) in [7, 11) is 0. The maximum absolute atomic E-state index is 9.97. The van der Waals surface area contributed by atoms with Gasteiger partial charge < -0.3 is 5.11 Å². The standard InChI is InChI=1S/C15H22O/c1-11-7-12(2)9-13(8-11)10-14-5-3-4-6-15(14)16/h7-9,14-16H,3-6,10H2,1-2H3. The first-order valence-corrected chi connectivity index (χ1v) is 6.40. The first kappa shape index (κ1) is 11.7. The molecule has 0 heterocycles. The van der Waals surface area contributed by atoms with Crippen LogP contribution in [0, 0.1) is 19.8 Å². The lowest BCUT2D eigenvalue weighted by Crippen LogP contribution is -2.26. The van der Waals surface area contributed by atoms with E-state index >= 15 is 0 Å². The van der Waals surface area contributed by atoms with Crippen molar-refractivity contribution in [3.05, 3.63) is 34.9 Å². The van der Waals surface area contributed by atoms with Gasteiger partial charge in [0.2, 0.25) is 0 Å². The van der Waals surface area contributed by atoms with Gasteiger partial charge in [0.1, 0.15) is 0 Å². The molecule has 1 aliphatic rings. The van der Waals surface area contributed by atoms with Gasteiger partial charge in [0.15, 0.2) is 0 Å². The lowest BCUT2D eigenvalue weighted by molar-refractivity contribution is 0.0700. The minimum atomic E-state index is -0.0745. The van der Waals surface area contributed by atoms with Crippen molar-refractivity contribution in [2.45, 2.75) is 52.1 Å². The largest absolute Gasteiger partial charge is 0.393 e. The van der Waals surface area contributed by atoms with Crippen LogP contribution in [0.3, 0.4) is 0 Å². The van der Waals surface area contributed by atoms with Crippen molar-refractivity contribution in [3.8, 4) is 0 Å². The minimum absolute atomic E-state index is 0.0745. The fourth-order valence-electron chi connectivity index (χ4n) is 2.92. The van der Waals surface area contributed by atoms with E-state index in [4.69, 9.17) is 0 Å². The van der Waals surface area contributed by atoms with Crippen molar-refractivity contribution in [3.63, 3.8) is 0 Å². The lowest BCUT2D eigenvalue weighted by Gasteiger charge is -2.27. The molecule has 0 radical (unpaired) electrons. The second kappa shape index (κ2) is 5.01. The Balaban J connectivity index is 2.07. The maximum atomic E-state index is 9.97. The molecule has 1 aromatic rings. The summed E-state index contributed by atoms with van der Waals surface area (Å²) in [6.07, 6.45) is 5.64. The van der Waals surface area contributed by atoms with Gasteiger partial charge in [-0.05, 0) is 44.6 Å². The van der Waals surface area contributed by atoms with Crippen LogP contribution < -0.4 is 0 Å². The first-order valence-electron chi connectivity index (χ1n) is 6.40. The van der Waals surface area contributed by atoms with Crippen molar-refractivity contribution in [1.29, 1.82) is 0 Å².